The lowest BCUT2D eigenvalue weighted by molar-refractivity contribution is 0.00433. The topological polar surface area (TPSA) is 41.9 Å². The molecule has 1 aromatic rings. The summed E-state index contributed by atoms with van der Waals surface area (Å²) in [5.41, 5.74) is 0. The van der Waals surface area contributed by atoms with Gasteiger partial charge < -0.3 is 14.6 Å². The fraction of sp³-hybridized carbons (Fsp3) is 0.538. The molecule has 1 fully saturated rings. The van der Waals surface area contributed by atoms with Gasteiger partial charge in [0.05, 0.1) is 13.2 Å². The number of halogens is 2. The molecule has 0 aromatic heterocycles. The Morgan fingerprint density at radius 1 is 1.42 bits per heavy atom. The Balaban J connectivity index is 1.79. The van der Waals surface area contributed by atoms with Crippen LogP contribution in [0, 0.1) is 5.82 Å². The van der Waals surface area contributed by atoms with E-state index < -0.39 is 11.9 Å². The second kappa shape index (κ2) is 7.19. The maximum absolute atomic E-state index is 13.4. The van der Waals surface area contributed by atoms with Crippen molar-refractivity contribution in [3.63, 3.8) is 0 Å². The van der Waals surface area contributed by atoms with Crippen LogP contribution in [0.3, 0.4) is 0 Å². The van der Waals surface area contributed by atoms with Crippen LogP contribution in [0.1, 0.15) is 0 Å². The number of aliphatic hydroxyl groups is 1. The molecule has 1 aliphatic heterocycles. The number of ether oxygens (including phenoxy) is 2. The highest BCUT2D eigenvalue weighted by atomic mass is 79.9. The molecule has 0 spiro atoms. The van der Waals surface area contributed by atoms with Gasteiger partial charge in [-0.3, -0.25) is 4.90 Å². The van der Waals surface area contributed by atoms with E-state index in [-0.39, 0.29) is 12.4 Å². The first kappa shape index (κ1) is 14.7. The molecular formula is C13H17BrFNO3. The van der Waals surface area contributed by atoms with Crippen molar-refractivity contribution in [1.82, 2.24) is 4.90 Å². The van der Waals surface area contributed by atoms with Gasteiger partial charge in [0.2, 0.25) is 0 Å². The highest BCUT2D eigenvalue weighted by Crippen LogP contribution is 2.22. The Hall–Kier alpha value is -0.690. The molecule has 1 atom stereocenters. The summed E-state index contributed by atoms with van der Waals surface area (Å²) in [5.74, 6) is -0.280. The van der Waals surface area contributed by atoms with Gasteiger partial charge >= 0.3 is 0 Å². The molecule has 0 bridgehead atoms. The molecule has 4 nitrogen and oxygen atoms in total. The zero-order chi connectivity index (χ0) is 13.7. The second-order valence-electron chi connectivity index (χ2n) is 4.45. The standard InChI is InChI=1S/C13H17BrFNO3/c14-10-1-2-12(15)13(7-10)19-9-11(17)8-16-3-5-18-6-4-16/h1-2,7,11,17H,3-6,8-9H2/t11-/m0/s1. The van der Waals surface area contributed by atoms with Crippen LogP contribution in [0.25, 0.3) is 0 Å². The number of morpholine rings is 1. The minimum atomic E-state index is -0.642. The third-order valence-electron chi connectivity index (χ3n) is 2.90. The fourth-order valence-electron chi connectivity index (χ4n) is 1.91. The Labute approximate surface area is 120 Å². The number of rotatable bonds is 5. The minimum Gasteiger partial charge on any atom is -0.488 e. The van der Waals surface area contributed by atoms with Crippen LogP contribution >= 0.6 is 15.9 Å². The summed E-state index contributed by atoms with van der Waals surface area (Å²) in [5, 5.41) is 9.88. The van der Waals surface area contributed by atoms with E-state index >= 15 is 0 Å². The molecule has 2 rings (SSSR count). The van der Waals surface area contributed by atoms with Crippen LogP contribution in [0.2, 0.25) is 0 Å². The van der Waals surface area contributed by atoms with Crippen LogP contribution in [0.4, 0.5) is 4.39 Å². The van der Waals surface area contributed by atoms with Gasteiger partial charge in [-0.1, -0.05) is 15.9 Å². The van der Waals surface area contributed by atoms with E-state index in [1.807, 2.05) is 0 Å². The van der Waals surface area contributed by atoms with E-state index in [4.69, 9.17) is 9.47 Å². The lowest BCUT2D eigenvalue weighted by Gasteiger charge is -2.28. The van der Waals surface area contributed by atoms with Crippen LogP contribution in [-0.4, -0.2) is 55.6 Å². The van der Waals surface area contributed by atoms with E-state index in [9.17, 15) is 9.50 Å². The number of hydrogen-bond acceptors (Lipinski definition) is 4. The van der Waals surface area contributed by atoms with Crippen molar-refractivity contribution in [2.75, 3.05) is 39.5 Å². The maximum Gasteiger partial charge on any atom is 0.165 e. The number of β-amino-alcohol motifs (C(OH)–C–C–N with tert-alkyl or cyclic N) is 1. The molecule has 106 valence electrons. The monoisotopic (exact) mass is 333 g/mol. The third-order valence-corrected chi connectivity index (χ3v) is 3.39. The van der Waals surface area contributed by atoms with Crippen molar-refractivity contribution in [1.29, 1.82) is 0 Å². The maximum atomic E-state index is 13.4. The van der Waals surface area contributed by atoms with Crippen LogP contribution < -0.4 is 4.74 Å². The molecule has 1 saturated heterocycles. The van der Waals surface area contributed by atoms with Gasteiger partial charge in [0.15, 0.2) is 11.6 Å². The van der Waals surface area contributed by atoms with E-state index in [1.54, 1.807) is 12.1 Å². The SMILES string of the molecule is O[C@H](COc1cc(Br)ccc1F)CN1CCOCC1. The quantitative estimate of drug-likeness (QED) is 0.889. The summed E-state index contributed by atoms with van der Waals surface area (Å²) >= 11 is 3.25. The van der Waals surface area contributed by atoms with Crippen LogP contribution in [0.15, 0.2) is 22.7 Å². The predicted molar refractivity (Wildman–Crippen MR) is 72.9 cm³/mol. The zero-order valence-corrected chi connectivity index (χ0v) is 12.1. The predicted octanol–water partition coefficient (Wildman–Crippen LogP) is 1.66. The van der Waals surface area contributed by atoms with Crippen molar-refractivity contribution >= 4 is 15.9 Å². The summed E-state index contributed by atoms with van der Waals surface area (Å²) in [6.07, 6.45) is -0.642. The normalized spacial score (nSPS) is 18.3. The van der Waals surface area contributed by atoms with Crippen LogP contribution in [-0.2, 0) is 4.74 Å². The van der Waals surface area contributed by atoms with E-state index in [1.165, 1.54) is 6.07 Å². The molecule has 0 unspecified atom stereocenters. The lowest BCUT2D eigenvalue weighted by Crippen LogP contribution is -2.42. The van der Waals surface area contributed by atoms with E-state index in [0.29, 0.717) is 19.8 Å². The Morgan fingerprint density at radius 3 is 2.89 bits per heavy atom. The van der Waals surface area contributed by atoms with E-state index in [0.717, 1.165) is 17.6 Å². The zero-order valence-electron chi connectivity index (χ0n) is 10.5. The lowest BCUT2D eigenvalue weighted by atomic mass is 10.3. The number of nitrogens with zero attached hydrogens (tertiary/aromatic N) is 1. The van der Waals surface area contributed by atoms with Gasteiger partial charge in [-0.25, -0.2) is 4.39 Å². The van der Waals surface area contributed by atoms with Gasteiger partial charge in [0.1, 0.15) is 12.7 Å². The molecule has 1 aromatic carbocycles. The first-order valence-corrected chi connectivity index (χ1v) is 7.00. The van der Waals surface area contributed by atoms with Crippen molar-refractivity contribution in [2.24, 2.45) is 0 Å². The van der Waals surface area contributed by atoms with Gasteiger partial charge in [0, 0.05) is 24.1 Å². The smallest absolute Gasteiger partial charge is 0.165 e. The van der Waals surface area contributed by atoms with Gasteiger partial charge in [-0.15, -0.1) is 0 Å². The first-order chi connectivity index (χ1) is 9.15. The fourth-order valence-corrected chi connectivity index (χ4v) is 2.25. The summed E-state index contributed by atoms with van der Waals surface area (Å²) in [6.45, 7) is 3.58. The summed E-state index contributed by atoms with van der Waals surface area (Å²) in [7, 11) is 0. The molecular weight excluding hydrogens is 317 g/mol. The highest BCUT2D eigenvalue weighted by molar-refractivity contribution is 9.10. The van der Waals surface area contributed by atoms with Gasteiger partial charge in [-0.05, 0) is 18.2 Å². The molecule has 6 heteroatoms. The van der Waals surface area contributed by atoms with Crippen LogP contribution in [0.5, 0.6) is 5.75 Å². The summed E-state index contributed by atoms with van der Waals surface area (Å²) in [4.78, 5) is 2.11. The minimum absolute atomic E-state index is 0.0741. The van der Waals surface area contributed by atoms with Crippen molar-refractivity contribution < 1.29 is 19.0 Å². The first-order valence-electron chi connectivity index (χ1n) is 6.21. The third kappa shape index (κ3) is 4.72. The highest BCUT2D eigenvalue weighted by Gasteiger charge is 2.16. The molecule has 1 aliphatic rings. The van der Waals surface area contributed by atoms with Crippen molar-refractivity contribution in [2.45, 2.75) is 6.10 Å². The number of benzene rings is 1. The van der Waals surface area contributed by atoms with Crippen molar-refractivity contribution in [3.05, 3.63) is 28.5 Å². The molecule has 0 aliphatic carbocycles. The Bertz CT molecular complexity index is 413. The Kier molecular flexibility index (Phi) is 5.57. The summed E-state index contributed by atoms with van der Waals surface area (Å²) < 4.78 is 24.7. The van der Waals surface area contributed by atoms with Gasteiger partial charge in [0.25, 0.3) is 0 Å². The molecule has 0 saturated carbocycles. The Morgan fingerprint density at radius 2 is 2.16 bits per heavy atom. The second-order valence-corrected chi connectivity index (χ2v) is 5.37. The molecule has 1 N–H and O–H groups in total. The average Bonchev–Trinajstić information content (AvgIpc) is 2.41. The van der Waals surface area contributed by atoms with Gasteiger partial charge in [-0.2, -0.15) is 0 Å². The van der Waals surface area contributed by atoms with Crippen molar-refractivity contribution in [3.8, 4) is 5.75 Å². The molecule has 0 radical (unpaired) electrons. The largest absolute Gasteiger partial charge is 0.488 e. The number of aliphatic hydroxyl groups excluding tert-OH is 1. The summed E-state index contributed by atoms with van der Waals surface area (Å²) in [6, 6.07) is 4.48. The molecule has 0 amide bonds. The average molecular weight is 334 g/mol. The van der Waals surface area contributed by atoms with E-state index in [2.05, 4.69) is 20.8 Å². The molecule has 19 heavy (non-hydrogen) atoms. The molecule has 1 heterocycles. The number of hydrogen-bond donors (Lipinski definition) is 1.